The molecule has 82 valence electrons. The minimum Gasteiger partial charge on any atom is -0.478 e. The lowest BCUT2D eigenvalue weighted by Gasteiger charge is -1.88. The number of carboxylic acids is 1. The van der Waals surface area contributed by atoms with Gasteiger partial charge in [-0.1, -0.05) is 18.2 Å². The van der Waals surface area contributed by atoms with E-state index in [1.54, 1.807) is 42.7 Å². The van der Waals surface area contributed by atoms with E-state index in [1.165, 1.54) is 6.92 Å². The molecule has 0 atom stereocenters. The number of benzene rings is 1. The average molecular weight is 227 g/mol. The van der Waals surface area contributed by atoms with Crippen LogP contribution in [0.25, 0.3) is 0 Å². The van der Waals surface area contributed by atoms with Crippen LogP contribution in [0.2, 0.25) is 0 Å². The molecule has 4 nitrogen and oxygen atoms in total. The third-order valence-corrected chi connectivity index (χ3v) is 1.02. The number of carbonyl (C=O) groups is 1. The molecular formula is C10H13NO3S. The van der Waals surface area contributed by atoms with E-state index < -0.39 is 5.97 Å². The van der Waals surface area contributed by atoms with Gasteiger partial charge in [0.05, 0.1) is 11.6 Å². The molecule has 0 radical (unpaired) electrons. The van der Waals surface area contributed by atoms with Crippen LogP contribution in [0.1, 0.15) is 17.3 Å². The van der Waals surface area contributed by atoms with Gasteiger partial charge >= 0.3 is 5.97 Å². The summed E-state index contributed by atoms with van der Waals surface area (Å²) < 4.78 is 7.49. The van der Waals surface area contributed by atoms with Crippen LogP contribution in [0, 0.1) is 11.3 Å². The topological polar surface area (TPSA) is 81.3 Å². The smallest absolute Gasteiger partial charge is 0.335 e. The quantitative estimate of drug-likeness (QED) is 0.721. The van der Waals surface area contributed by atoms with Gasteiger partial charge in [0.2, 0.25) is 0 Å². The molecule has 0 aromatic heterocycles. The minimum absolute atomic E-state index is 0.331. The lowest BCUT2D eigenvalue weighted by atomic mass is 10.2. The summed E-state index contributed by atoms with van der Waals surface area (Å²) in [4.78, 5) is 10.2. The molecule has 0 aliphatic heterocycles. The van der Waals surface area contributed by atoms with Gasteiger partial charge in [-0.3, -0.25) is 0 Å². The maximum absolute atomic E-state index is 10.2. The minimum atomic E-state index is -0.879. The molecule has 1 aromatic rings. The van der Waals surface area contributed by atoms with Crippen LogP contribution < -0.4 is 0 Å². The molecule has 15 heavy (non-hydrogen) atoms. The number of hydrogen-bond acceptors (Lipinski definition) is 4. The second kappa shape index (κ2) is 12.5. The molecule has 0 spiro atoms. The van der Waals surface area contributed by atoms with E-state index in [-0.39, 0.29) is 0 Å². The van der Waals surface area contributed by atoms with Crippen molar-refractivity contribution in [2.45, 2.75) is 6.92 Å². The monoisotopic (exact) mass is 227 g/mol. The van der Waals surface area contributed by atoms with Crippen LogP contribution in [0.5, 0.6) is 0 Å². The summed E-state index contributed by atoms with van der Waals surface area (Å²) in [5.41, 5.74) is 0.331. The molecule has 0 aliphatic carbocycles. The highest BCUT2D eigenvalue weighted by molar-refractivity contribution is 7.93. The summed E-state index contributed by atoms with van der Waals surface area (Å²) in [6.45, 7) is 1.43. The van der Waals surface area contributed by atoms with Gasteiger partial charge < -0.3 is 9.66 Å². The number of carboxylic acid groups (broad SMARTS) is 1. The van der Waals surface area contributed by atoms with Crippen molar-refractivity contribution < 1.29 is 14.5 Å². The van der Waals surface area contributed by atoms with Crippen molar-refractivity contribution in [3.63, 3.8) is 0 Å². The zero-order chi connectivity index (χ0) is 12.1. The zero-order valence-electron chi connectivity index (χ0n) is 8.54. The highest BCUT2D eigenvalue weighted by Gasteiger charge is 1.96. The molecule has 0 fully saturated rings. The van der Waals surface area contributed by atoms with E-state index >= 15 is 0 Å². The van der Waals surface area contributed by atoms with Crippen LogP contribution in [-0.4, -0.2) is 21.9 Å². The molecule has 1 rings (SSSR count). The molecule has 0 unspecified atom stereocenters. The molecule has 0 aliphatic rings. The zero-order valence-corrected chi connectivity index (χ0v) is 9.36. The fourth-order valence-electron chi connectivity index (χ4n) is 0.581. The Kier molecular flexibility index (Phi) is 13.3. The van der Waals surface area contributed by atoms with Gasteiger partial charge in [0.15, 0.2) is 0 Å². The maximum Gasteiger partial charge on any atom is 0.335 e. The van der Waals surface area contributed by atoms with Crippen molar-refractivity contribution in [1.29, 1.82) is 5.26 Å². The third-order valence-electron chi connectivity index (χ3n) is 1.02. The van der Waals surface area contributed by atoms with Crippen LogP contribution >= 0.6 is 12.0 Å². The highest BCUT2D eigenvalue weighted by Crippen LogP contribution is 1.96. The molecule has 0 saturated carbocycles. The average Bonchev–Trinajstić information content (AvgIpc) is 2.21. The molecule has 2 N–H and O–H groups in total. The maximum atomic E-state index is 10.2. The van der Waals surface area contributed by atoms with Gasteiger partial charge in [-0.25, -0.2) is 4.79 Å². The summed E-state index contributed by atoms with van der Waals surface area (Å²) in [5.74, 6) is -0.879. The standard InChI is InChI=1S/C7H6O2.C2H3N.CH4OS/c8-7(9)6-4-2-1-3-5-6;1-2-3;1-3-2/h1-5H,(H,8,9);1H3;2H,1H3. The molecule has 0 bridgehead atoms. The van der Waals surface area contributed by atoms with E-state index in [9.17, 15) is 4.79 Å². The van der Waals surface area contributed by atoms with Gasteiger partial charge in [0, 0.05) is 13.2 Å². The van der Waals surface area contributed by atoms with Gasteiger partial charge in [0.1, 0.15) is 0 Å². The Bertz CT molecular complexity index is 295. The number of nitriles is 1. The van der Waals surface area contributed by atoms with Crippen molar-refractivity contribution in [2.75, 3.05) is 6.26 Å². The number of hydrogen-bond donors (Lipinski definition) is 2. The Morgan fingerprint density at radius 3 is 1.93 bits per heavy atom. The van der Waals surface area contributed by atoms with Gasteiger partial charge in [-0.2, -0.15) is 5.26 Å². The third kappa shape index (κ3) is 12.5. The van der Waals surface area contributed by atoms with E-state index in [0.29, 0.717) is 5.56 Å². The van der Waals surface area contributed by atoms with Crippen LogP contribution in [0.3, 0.4) is 0 Å². The van der Waals surface area contributed by atoms with Gasteiger partial charge in [-0.15, -0.1) is 0 Å². The first-order valence-electron chi connectivity index (χ1n) is 3.90. The molecule has 5 heteroatoms. The predicted molar refractivity (Wildman–Crippen MR) is 60.8 cm³/mol. The lowest BCUT2D eigenvalue weighted by Crippen LogP contribution is -1.93. The van der Waals surface area contributed by atoms with E-state index in [1.807, 2.05) is 0 Å². The van der Waals surface area contributed by atoms with Crippen molar-refractivity contribution in [3.05, 3.63) is 35.9 Å². The molecule has 0 heterocycles. The van der Waals surface area contributed by atoms with Crippen LogP contribution in [0.15, 0.2) is 30.3 Å². The Hall–Kier alpha value is -1.51. The van der Waals surface area contributed by atoms with E-state index in [0.717, 1.165) is 12.0 Å². The second-order valence-corrected chi connectivity index (χ2v) is 2.44. The van der Waals surface area contributed by atoms with Crippen molar-refractivity contribution in [1.82, 2.24) is 0 Å². The van der Waals surface area contributed by atoms with Crippen molar-refractivity contribution >= 4 is 18.0 Å². The van der Waals surface area contributed by atoms with Crippen LogP contribution in [0.4, 0.5) is 0 Å². The molecule has 1 aromatic carbocycles. The number of aromatic carboxylic acids is 1. The Balaban J connectivity index is 0. The largest absolute Gasteiger partial charge is 0.478 e. The Morgan fingerprint density at radius 1 is 1.40 bits per heavy atom. The SMILES string of the molecule is CC#N.CSO.O=C(O)c1ccccc1. The summed E-state index contributed by atoms with van der Waals surface area (Å²) in [6.07, 6.45) is 1.60. The highest BCUT2D eigenvalue weighted by atomic mass is 32.2. The Morgan fingerprint density at radius 2 is 1.73 bits per heavy atom. The fourth-order valence-corrected chi connectivity index (χ4v) is 0.581. The first-order chi connectivity index (χ1) is 7.13. The summed E-state index contributed by atoms with van der Waals surface area (Å²) in [6, 6.07) is 10.0. The van der Waals surface area contributed by atoms with Crippen molar-refractivity contribution in [3.8, 4) is 6.07 Å². The van der Waals surface area contributed by atoms with Gasteiger partial charge in [0.25, 0.3) is 0 Å². The fraction of sp³-hybridized carbons (Fsp3) is 0.200. The van der Waals surface area contributed by atoms with E-state index in [2.05, 4.69) is 0 Å². The first kappa shape index (κ1) is 15.9. The number of nitrogens with zero attached hydrogens (tertiary/aromatic N) is 1. The molecule has 0 amide bonds. The normalized spacial score (nSPS) is 7.07. The summed E-state index contributed by atoms with van der Waals surface area (Å²) >= 11 is 0.750. The molecular weight excluding hydrogens is 214 g/mol. The van der Waals surface area contributed by atoms with Gasteiger partial charge in [-0.05, 0) is 24.2 Å². The lowest BCUT2D eigenvalue weighted by molar-refractivity contribution is 0.0697. The molecule has 0 saturated heterocycles. The van der Waals surface area contributed by atoms with Crippen LogP contribution in [-0.2, 0) is 0 Å². The van der Waals surface area contributed by atoms with E-state index in [4.69, 9.17) is 14.9 Å². The summed E-state index contributed by atoms with van der Waals surface area (Å²) in [5, 5.41) is 15.7. The second-order valence-electron chi connectivity index (χ2n) is 2.08. The summed E-state index contributed by atoms with van der Waals surface area (Å²) in [7, 11) is 0. The number of rotatable bonds is 1. The van der Waals surface area contributed by atoms with Crippen molar-refractivity contribution in [2.24, 2.45) is 0 Å². The Labute approximate surface area is 93.4 Å². The first-order valence-corrected chi connectivity index (χ1v) is 5.08. The predicted octanol–water partition coefficient (Wildman–Crippen LogP) is 2.74.